The third kappa shape index (κ3) is 4.93. The van der Waals surface area contributed by atoms with Crippen LogP contribution in [0.25, 0.3) is 0 Å². The molecule has 0 radical (unpaired) electrons. The molecule has 1 N–H and O–H groups in total. The monoisotopic (exact) mass is 357 g/mol. The quantitative estimate of drug-likeness (QED) is 0.701. The van der Waals surface area contributed by atoms with E-state index in [2.05, 4.69) is 4.90 Å². The van der Waals surface area contributed by atoms with Gasteiger partial charge in [0.2, 0.25) is 0 Å². The minimum atomic E-state index is -3.59. The van der Waals surface area contributed by atoms with Crippen molar-refractivity contribution < 1.29 is 27.8 Å². The van der Waals surface area contributed by atoms with Crippen LogP contribution in [-0.4, -0.2) is 70.1 Å². The maximum absolute atomic E-state index is 12.5. The molecule has 134 valence electrons. The van der Waals surface area contributed by atoms with Gasteiger partial charge >= 0.3 is 5.97 Å². The molecule has 0 aromatic heterocycles. The van der Waals surface area contributed by atoms with Gasteiger partial charge in [-0.3, -0.25) is 4.90 Å². The highest BCUT2D eigenvalue weighted by atomic mass is 32.2. The van der Waals surface area contributed by atoms with Gasteiger partial charge < -0.3 is 14.6 Å². The summed E-state index contributed by atoms with van der Waals surface area (Å²) in [5.41, 5.74) is -0.0670. The number of sulfone groups is 1. The molecule has 1 fully saturated rings. The van der Waals surface area contributed by atoms with Gasteiger partial charge in [-0.2, -0.15) is 0 Å². The van der Waals surface area contributed by atoms with Gasteiger partial charge in [-0.05, 0) is 37.6 Å². The first-order valence-electron chi connectivity index (χ1n) is 7.88. The molecule has 0 bridgehead atoms. The number of rotatable bonds is 8. The van der Waals surface area contributed by atoms with Gasteiger partial charge in [0.15, 0.2) is 9.84 Å². The summed E-state index contributed by atoms with van der Waals surface area (Å²) in [7, 11) is -2.23. The Morgan fingerprint density at radius 1 is 1.29 bits per heavy atom. The van der Waals surface area contributed by atoms with Crippen LogP contribution in [0.1, 0.15) is 23.2 Å². The minimum absolute atomic E-state index is 0.0310. The van der Waals surface area contributed by atoms with Gasteiger partial charge in [-0.15, -0.1) is 0 Å². The van der Waals surface area contributed by atoms with Crippen molar-refractivity contribution in [2.45, 2.75) is 17.7 Å². The summed E-state index contributed by atoms with van der Waals surface area (Å²) in [5.74, 6) is -1.02. The highest BCUT2D eigenvalue weighted by Crippen LogP contribution is 2.26. The SMILES string of the molecule is COc1ccc(C(=O)O)cc1S(=O)(=O)CCCCN1CCOCC1. The standard InChI is InChI=1S/C16H23NO6S/c1-22-14-5-4-13(16(18)19)12-15(14)24(20,21)11-3-2-6-17-7-9-23-10-8-17/h4-5,12H,2-3,6-11H2,1H3,(H,18,19). The lowest BCUT2D eigenvalue weighted by Crippen LogP contribution is -2.36. The van der Waals surface area contributed by atoms with Crippen molar-refractivity contribution in [3.63, 3.8) is 0 Å². The zero-order valence-corrected chi connectivity index (χ0v) is 14.5. The summed E-state index contributed by atoms with van der Waals surface area (Å²) < 4.78 is 35.4. The van der Waals surface area contributed by atoms with E-state index in [1.807, 2.05) is 0 Å². The molecule has 1 aliphatic heterocycles. The average molecular weight is 357 g/mol. The third-order valence-corrected chi connectivity index (χ3v) is 5.80. The van der Waals surface area contributed by atoms with Crippen LogP contribution >= 0.6 is 0 Å². The molecule has 0 unspecified atom stereocenters. The number of benzene rings is 1. The van der Waals surface area contributed by atoms with E-state index in [-0.39, 0.29) is 22.0 Å². The smallest absolute Gasteiger partial charge is 0.335 e. The molecular formula is C16H23NO6S. The van der Waals surface area contributed by atoms with Crippen LogP contribution in [-0.2, 0) is 14.6 Å². The molecule has 8 heteroatoms. The second kappa shape index (κ2) is 8.46. The number of carboxylic acids is 1. The highest BCUT2D eigenvalue weighted by Gasteiger charge is 2.21. The van der Waals surface area contributed by atoms with Gasteiger partial charge in [-0.1, -0.05) is 0 Å². The van der Waals surface area contributed by atoms with E-state index in [1.54, 1.807) is 0 Å². The van der Waals surface area contributed by atoms with E-state index in [9.17, 15) is 13.2 Å². The highest BCUT2D eigenvalue weighted by molar-refractivity contribution is 7.91. The topological polar surface area (TPSA) is 93.1 Å². The van der Waals surface area contributed by atoms with Gasteiger partial charge in [0, 0.05) is 13.1 Å². The predicted molar refractivity (Wildman–Crippen MR) is 88.5 cm³/mol. The van der Waals surface area contributed by atoms with Crippen LogP contribution in [0.15, 0.2) is 23.1 Å². The maximum Gasteiger partial charge on any atom is 0.335 e. The Bertz CT molecular complexity index is 667. The van der Waals surface area contributed by atoms with Crippen LogP contribution in [0, 0.1) is 0 Å². The van der Waals surface area contributed by atoms with Crippen LogP contribution in [0.5, 0.6) is 5.75 Å². The number of aromatic carboxylic acids is 1. The van der Waals surface area contributed by atoms with Crippen LogP contribution in [0.3, 0.4) is 0 Å². The number of unbranched alkanes of at least 4 members (excludes halogenated alkanes) is 1. The van der Waals surface area contributed by atoms with E-state index in [4.69, 9.17) is 14.6 Å². The summed E-state index contributed by atoms with van der Waals surface area (Å²) in [4.78, 5) is 13.3. The van der Waals surface area contributed by atoms with Crippen LogP contribution in [0.4, 0.5) is 0 Å². The Morgan fingerprint density at radius 3 is 2.62 bits per heavy atom. The zero-order valence-electron chi connectivity index (χ0n) is 13.7. The molecule has 24 heavy (non-hydrogen) atoms. The maximum atomic E-state index is 12.5. The number of hydrogen-bond donors (Lipinski definition) is 1. The Balaban J connectivity index is 1.98. The number of nitrogens with zero attached hydrogens (tertiary/aromatic N) is 1. The first-order chi connectivity index (χ1) is 11.4. The van der Waals surface area contributed by atoms with Crippen molar-refractivity contribution in [1.82, 2.24) is 4.90 Å². The summed E-state index contributed by atoms with van der Waals surface area (Å²) >= 11 is 0. The van der Waals surface area contributed by atoms with Crippen molar-refractivity contribution >= 4 is 15.8 Å². The molecule has 7 nitrogen and oxygen atoms in total. The average Bonchev–Trinajstić information content (AvgIpc) is 2.59. The van der Waals surface area contributed by atoms with Crippen LogP contribution < -0.4 is 4.74 Å². The molecule has 0 spiro atoms. The second-order valence-corrected chi connectivity index (χ2v) is 7.73. The lowest BCUT2D eigenvalue weighted by atomic mass is 10.2. The molecule has 2 rings (SSSR count). The summed E-state index contributed by atoms with van der Waals surface area (Å²) in [6, 6.07) is 3.88. The molecule has 1 aromatic carbocycles. The number of morpholine rings is 1. The number of methoxy groups -OCH3 is 1. The second-order valence-electron chi connectivity index (χ2n) is 5.65. The van der Waals surface area contributed by atoms with E-state index >= 15 is 0 Å². The van der Waals surface area contributed by atoms with Crippen molar-refractivity contribution in [3.05, 3.63) is 23.8 Å². The van der Waals surface area contributed by atoms with Gasteiger partial charge in [0.1, 0.15) is 10.6 Å². The predicted octanol–water partition coefficient (Wildman–Crippen LogP) is 1.28. The van der Waals surface area contributed by atoms with Gasteiger partial charge in [-0.25, -0.2) is 13.2 Å². The third-order valence-electron chi connectivity index (χ3n) is 3.99. The number of carbonyl (C=O) groups is 1. The zero-order chi connectivity index (χ0) is 17.6. The largest absolute Gasteiger partial charge is 0.495 e. The van der Waals surface area contributed by atoms with E-state index in [0.29, 0.717) is 6.42 Å². The van der Waals surface area contributed by atoms with Gasteiger partial charge in [0.05, 0.1) is 31.6 Å². The molecule has 1 saturated heterocycles. The normalized spacial score (nSPS) is 16.0. The van der Waals surface area contributed by atoms with Crippen molar-refractivity contribution in [3.8, 4) is 5.75 Å². The van der Waals surface area contributed by atoms with Crippen molar-refractivity contribution in [2.24, 2.45) is 0 Å². The molecule has 1 aliphatic rings. The summed E-state index contributed by atoms with van der Waals surface area (Å²) in [5, 5.41) is 9.05. The first-order valence-corrected chi connectivity index (χ1v) is 9.53. The fourth-order valence-electron chi connectivity index (χ4n) is 2.61. The van der Waals surface area contributed by atoms with Crippen LogP contribution in [0.2, 0.25) is 0 Å². The van der Waals surface area contributed by atoms with E-state index in [1.165, 1.54) is 25.3 Å². The summed E-state index contributed by atoms with van der Waals surface area (Å²) in [6.07, 6.45) is 1.28. The Kier molecular flexibility index (Phi) is 6.59. The molecule has 0 aliphatic carbocycles. The molecule has 1 aromatic rings. The first kappa shape index (κ1) is 18.7. The molecule has 0 saturated carbocycles. The van der Waals surface area contributed by atoms with Crippen molar-refractivity contribution in [2.75, 3.05) is 45.7 Å². The Morgan fingerprint density at radius 2 is 2.00 bits per heavy atom. The van der Waals surface area contributed by atoms with E-state index in [0.717, 1.165) is 39.3 Å². The number of ether oxygens (including phenoxy) is 2. The molecule has 0 amide bonds. The van der Waals surface area contributed by atoms with Crippen molar-refractivity contribution in [1.29, 1.82) is 0 Å². The molecule has 1 heterocycles. The lowest BCUT2D eigenvalue weighted by molar-refractivity contribution is 0.0373. The fraction of sp³-hybridized carbons (Fsp3) is 0.562. The Hall–Kier alpha value is -1.64. The Labute approximate surface area is 142 Å². The summed E-state index contributed by atoms with van der Waals surface area (Å²) in [6.45, 7) is 4.03. The fourth-order valence-corrected chi connectivity index (χ4v) is 4.18. The van der Waals surface area contributed by atoms with Gasteiger partial charge in [0.25, 0.3) is 0 Å². The number of hydrogen-bond acceptors (Lipinski definition) is 6. The van der Waals surface area contributed by atoms with E-state index < -0.39 is 15.8 Å². The molecular weight excluding hydrogens is 334 g/mol. The molecule has 0 atom stereocenters. The minimum Gasteiger partial charge on any atom is -0.495 e. The lowest BCUT2D eigenvalue weighted by Gasteiger charge is -2.26. The number of carboxylic acid groups (broad SMARTS) is 1.